The normalized spacial score (nSPS) is 18.5. The molecule has 1 fully saturated rings. The zero-order valence-corrected chi connectivity index (χ0v) is 15.8. The average Bonchev–Trinajstić information content (AvgIpc) is 2.97. The number of Topliss-reactive ketones (excluding diaryl/α,β-unsaturated/α-hetero) is 1. The SMILES string of the molecule is CCOc1cccc(/C(O)=C2/C(=O)C(=O)N(CCOC)C2c2ccncc2)c1. The van der Waals surface area contributed by atoms with Crippen LogP contribution in [-0.2, 0) is 14.3 Å². The highest BCUT2D eigenvalue weighted by Crippen LogP contribution is 2.39. The molecule has 146 valence electrons. The van der Waals surface area contributed by atoms with Gasteiger partial charge in [-0.2, -0.15) is 0 Å². The van der Waals surface area contributed by atoms with Crippen LogP contribution in [0, 0.1) is 0 Å². The van der Waals surface area contributed by atoms with Crippen LogP contribution in [0.5, 0.6) is 5.75 Å². The van der Waals surface area contributed by atoms with E-state index in [1.54, 1.807) is 48.8 Å². The maximum absolute atomic E-state index is 12.8. The van der Waals surface area contributed by atoms with Gasteiger partial charge in [0.25, 0.3) is 11.7 Å². The Labute approximate surface area is 163 Å². The van der Waals surface area contributed by atoms with Gasteiger partial charge in [0.15, 0.2) is 0 Å². The molecule has 3 rings (SSSR count). The number of amides is 1. The maximum atomic E-state index is 12.8. The van der Waals surface area contributed by atoms with E-state index in [0.29, 0.717) is 23.5 Å². The number of hydrogen-bond donors (Lipinski definition) is 1. The minimum atomic E-state index is -0.725. The molecule has 1 aromatic heterocycles. The first-order valence-electron chi connectivity index (χ1n) is 8.99. The number of rotatable bonds is 7. The van der Waals surface area contributed by atoms with Crippen molar-refractivity contribution in [2.75, 3.05) is 26.9 Å². The highest BCUT2D eigenvalue weighted by atomic mass is 16.5. The van der Waals surface area contributed by atoms with Crippen molar-refractivity contribution in [1.82, 2.24) is 9.88 Å². The van der Waals surface area contributed by atoms with Crippen LogP contribution in [0.25, 0.3) is 5.76 Å². The Morgan fingerprint density at radius 2 is 1.96 bits per heavy atom. The van der Waals surface area contributed by atoms with E-state index in [0.717, 1.165) is 0 Å². The van der Waals surface area contributed by atoms with E-state index in [2.05, 4.69) is 4.98 Å². The van der Waals surface area contributed by atoms with E-state index < -0.39 is 17.7 Å². The lowest BCUT2D eigenvalue weighted by Crippen LogP contribution is -2.32. The Hall–Kier alpha value is -3.19. The number of aromatic nitrogens is 1. The standard InChI is InChI=1S/C21H22N2O5/c1-3-28-16-6-4-5-15(13-16)19(24)17-18(14-7-9-22-10-8-14)23(11-12-27-2)21(26)20(17)25/h4-10,13,18,24H,3,11-12H2,1-2H3/b19-17-. The number of methoxy groups -OCH3 is 1. The van der Waals surface area contributed by atoms with Crippen LogP contribution < -0.4 is 4.74 Å². The minimum Gasteiger partial charge on any atom is -0.507 e. The zero-order valence-electron chi connectivity index (χ0n) is 15.8. The number of likely N-dealkylation sites (tertiary alicyclic amines) is 1. The van der Waals surface area contributed by atoms with Gasteiger partial charge >= 0.3 is 0 Å². The summed E-state index contributed by atoms with van der Waals surface area (Å²) in [7, 11) is 1.53. The molecule has 0 saturated carbocycles. The molecule has 0 radical (unpaired) electrons. The number of benzene rings is 1. The molecule has 2 aromatic rings. The van der Waals surface area contributed by atoms with Crippen LogP contribution in [-0.4, -0.2) is 53.5 Å². The molecular weight excluding hydrogens is 360 g/mol. The fraction of sp³-hybridized carbons (Fsp3) is 0.286. The van der Waals surface area contributed by atoms with Gasteiger partial charge in [0.2, 0.25) is 0 Å². The van der Waals surface area contributed by atoms with Crippen LogP contribution in [0.3, 0.4) is 0 Å². The number of ether oxygens (including phenoxy) is 2. The van der Waals surface area contributed by atoms with Crippen molar-refractivity contribution in [3.63, 3.8) is 0 Å². The monoisotopic (exact) mass is 382 g/mol. The van der Waals surface area contributed by atoms with Crippen LogP contribution >= 0.6 is 0 Å². The Morgan fingerprint density at radius 3 is 2.64 bits per heavy atom. The molecule has 1 aliphatic rings. The fourth-order valence-electron chi connectivity index (χ4n) is 3.25. The summed E-state index contributed by atoms with van der Waals surface area (Å²) in [6.07, 6.45) is 3.17. The van der Waals surface area contributed by atoms with Crippen LogP contribution in [0.15, 0.2) is 54.4 Å². The molecule has 1 amide bonds. The second-order valence-electron chi connectivity index (χ2n) is 6.23. The number of aliphatic hydroxyl groups is 1. The summed E-state index contributed by atoms with van der Waals surface area (Å²) in [6.45, 7) is 2.83. The lowest BCUT2D eigenvalue weighted by Gasteiger charge is -2.24. The van der Waals surface area contributed by atoms with Gasteiger partial charge in [0, 0.05) is 31.6 Å². The van der Waals surface area contributed by atoms with E-state index in [1.165, 1.54) is 12.0 Å². The maximum Gasteiger partial charge on any atom is 0.295 e. The number of carbonyl (C=O) groups excluding carboxylic acids is 2. The summed E-state index contributed by atoms with van der Waals surface area (Å²) < 4.78 is 10.6. The second kappa shape index (κ2) is 8.67. The van der Waals surface area contributed by atoms with Gasteiger partial charge in [-0.3, -0.25) is 14.6 Å². The number of aliphatic hydroxyl groups excluding tert-OH is 1. The van der Waals surface area contributed by atoms with Crippen molar-refractivity contribution >= 4 is 17.4 Å². The van der Waals surface area contributed by atoms with Gasteiger partial charge < -0.3 is 19.5 Å². The number of ketones is 1. The topological polar surface area (TPSA) is 89.0 Å². The number of hydrogen-bond acceptors (Lipinski definition) is 6. The Morgan fingerprint density at radius 1 is 1.21 bits per heavy atom. The van der Waals surface area contributed by atoms with Crippen LogP contribution in [0.2, 0.25) is 0 Å². The third-order valence-electron chi connectivity index (χ3n) is 4.52. The van der Waals surface area contributed by atoms with Gasteiger partial charge in [0.05, 0.1) is 24.8 Å². The number of pyridine rings is 1. The predicted octanol–water partition coefficient (Wildman–Crippen LogP) is 2.55. The summed E-state index contributed by atoms with van der Waals surface area (Å²) in [5, 5.41) is 11.0. The first-order valence-corrected chi connectivity index (χ1v) is 8.99. The van der Waals surface area contributed by atoms with E-state index >= 15 is 0 Å². The smallest absolute Gasteiger partial charge is 0.295 e. The summed E-state index contributed by atoms with van der Waals surface area (Å²) in [5.74, 6) is -1.05. The molecule has 0 aliphatic carbocycles. The molecule has 0 spiro atoms. The molecule has 1 aliphatic heterocycles. The van der Waals surface area contributed by atoms with Crippen molar-refractivity contribution < 1.29 is 24.2 Å². The Kier molecular flexibility index (Phi) is 6.06. The van der Waals surface area contributed by atoms with E-state index in [4.69, 9.17) is 9.47 Å². The molecule has 0 bridgehead atoms. The van der Waals surface area contributed by atoms with E-state index in [9.17, 15) is 14.7 Å². The molecule has 7 nitrogen and oxygen atoms in total. The fourth-order valence-corrected chi connectivity index (χ4v) is 3.25. The summed E-state index contributed by atoms with van der Waals surface area (Å²) in [6, 6.07) is 9.53. The quantitative estimate of drug-likeness (QED) is 0.450. The third kappa shape index (κ3) is 3.75. The summed E-state index contributed by atoms with van der Waals surface area (Å²) in [4.78, 5) is 30.8. The van der Waals surface area contributed by atoms with Crippen molar-refractivity contribution in [3.8, 4) is 5.75 Å². The largest absolute Gasteiger partial charge is 0.507 e. The lowest BCUT2D eigenvalue weighted by atomic mass is 9.96. The molecule has 7 heteroatoms. The lowest BCUT2D eigenvalue weighted by molar-refractivity contribution is -0.140. The second-order valence-corrected chi connectivity index (χ2v) is 6.23. The van der Waals surface area contributed by atoms with Gasteiger partial charge in [-0.05, 0) is 36.8 Å². The van der Waals surface area contributed by atoms with Crippen LogP contribution in [0.1, 0.15) is 24.1 Å². The van der Waals surface area contributed by atoms with Crippen molar-refractivity contribution in [1.29, 1.82) is 0 Å². The van der Waals surface area contributed by atoms with Crippen molar-refractivity contribution in [2.24, 2.45) is 0 Å². The molecule has 28 heavy (non-hydrogen) atoms. The van der Waals surface area contributed by atoms with Gasteiger partial charge in [0.1, 0.15) is 11.5 Å². The Balaban J connectivity index is 2.12. The first-order chi connectivity index (χ1) is 13.6. The molecule has 1 unspecified atom stereocenters. The minimum absolute atomic E-state index is 0.0425. The number of nitrogens with zero attached hydrogens (tertiary/aromatic N) is 2. The van der Waals surface area contributed by atoms with Gasteiger partial charge in [-0.15, -0.1) is 0 Å². The van der Waals surface area contributed by atoms with Gasteiger partial charge in [-0.25, -0.2) is 0 Å². The first kappa shape index (κ1) is 19.6. The molecule has 1 N–H and O–H groups in total. The molecule has 1 aromatic carbocycles. The van der Waals surface area contributed by atoms with Crippen molar-refractivity contribution in [2.45, 2.75) is 13.0 Å². The summed E-state index contributed by atoms with van der Waals surface area (Å²) >= 11 is 0. The van der Waals surface area contributed by atoms with Gasteiger partial charge in [-0.1, -0.05) is 12.1 Å². The predicted molar refractivity (Wildman–Crippen MR) is 103 cm³/mol. The van der Waals surface area contributed by atoms with E-state index in [-0.39, 0.29) is 24.5 Å². The number of carbonyl (C=O) groups is 2. The van der Waals surface area contributed by atoms with Crippen molar-refractivity contribution in [3.05, 3.63) is 65.5 Å². The average molecular weight is 382 g/mol. The summed E-state index contributed by atoms with van der Waals surface area (Å²) in [5.41, 5.74) is 1.14. The highest BCUT2D eigenvalue weighted by Gasteiger charge is 2.45. The molecule has 1 saturated heterocycles. The molecular formula is C21H22N2O5. The molecule has 1 atom stereocenters. The highest BCUT2D eigenvalue weighted by molar-refractivity contribution is 6.46. The van der Waals surface area contributed by atoms with Crippen LogP contribution in [0.4, 0.5) is 0 Å². The zero-order chi connectivity index (χ0) is 20.1. The third-order valence-corrected chi connectivity index (χ3v) is 4.52. The molecule has 2 heterocycles. The Bertz CT molecular complexity index is 895. The van der Waals surface area contributed by atoms with E-state index in [1.807, 2.05) is 6.92 Å².